The number of hydrogen-bond donors (Lipinski definition) is 1. The number of thioether (sulfide) groups is 1. The number of nitrogens with zero attached hydrogens (tertiary/aromatic N) is 1. The summed E-state index contributed by atoms with van der Waals surface area (Å²) in [5.74, 6) is 0.480. The number of nitrogens with one attached hydrogen (secondary N) is 1. The van der Waals surface area contributed by atoms with Gasteiger partial charge in [0.25, 0.3) is 0 Å². The van der Waals surface area contributed by atoms with Gasteiger partial charge in [0.2, 0.25) is 5.91 Å². The molecule has 0 spiro atoms. The fraction of sp³-hybridized carbons (Fsp3) is 0.424. The normalized spacial score (nSPS) is 11.6. The summed E-state index contributed by atoms with van der Waals surface area (Å²) in [4.78, 5) is 15.6. The largest absolute Gasteiger partial charge is 0.354 e. The molecule has 38 heavy (non-hydrogen) atoms. The van der Waals surface area contributed by atoms with Gasteiger partial charge in [0.1, 0.15) is 0 Å². The second-order valence-corrected chi connectivity index (χ2v) is 11.7. The average Bonchev–Trinajstić information content (AvgIpc) is 2.97. The average molecular weight is 596 g/mol. The lowest BCUT2D eigenvalue weighted by molar-refractivity contribution is -0.118. The molecule has 3 rings (SSSR count). The van der Waals surface area contributed by atoms with E-state index in [1.165, 1.54) is 48.8 Å². The van der Waals surface area contributed by atoms with Crippen molar-refractivity contribution >= 4 is 33.6 Å². The summed E-state index contributed by atoms with van der Waals surface area (Å²) < 4.78 is -0.468. The van der Waals surface area contributed by atoms with Crippen molar-refractivity contribution in [1.82, 2.24) is 10.2 Å². The molecular formula is C33H43BrN2OS. The maximum Gasteiger partial charge on any atom is 0.230 e. The van der Waals surface area contributed by atoms with Crippen molar-refractivity contribution in [3.8, 4) is 0 Å². The van der Waals surface area contributed by atoms with Crippen LogP contribution in [-0.4, -0.2) is 48.1 Å². The second-order valence-electron chi connectivity index (χ2n) is 9.72. The van der Waals surface area contributed by atoms with Gasteiger partial charge in [0.15, 0.2) is 0 Å². The van der Waals surface area contributed by atoms with Crippen LogP contribution in [0.4, 0.5) is 0 Å². The van der Waals surface area contributed by atoms with Crippen LogP contribution in [0.1, 0.15) is 62.1 Å². The van der Waals surface area contributed by atoms with E-state index in [-0.39, 0.29) is 5.91 Å². The number of carbonyl (C=O) groups is 1. The van der Waals surface area contributed by atoms with Crippen LogP contribution in [0, 0.1) is 0 Å². The highest BCUT2D eigenvalue weighted by Gasteiger charge is 2.37. The third-order valence-electron chi connectivity index (χ3n) is 6.86. The zero-order valence-electron chi connectivity index (χ0n) is 22.8. The molecule has 0 fully saturated rings. The molecule has 5 heteroatoms. The Morgan fingerprint density at radius 1 is 0.737 bits per heavy atom. The first-order valence-corrected chi connectivity index (χ1v) is 16.2. The van der Waals surface area contributed by atoms with Crippen LogP contribution in [0.15, 0.2) is 91.0 Å². The number of carbonyl (C=O) groups excluding carboxylic acids is 1. The summed E-state index contributed by atoms with van der Waals surface area (Å²) in [5, 5.41) is 4.32. The first kappa shape index (κ1) is 30.5. The van der Waals surface area contributed by atoms with Crippen LogP contribution < -0.4 is 5.32 Å². The van der Waals surface area contributed by atoms with Crippen molar-refractivity contribution in [3.05, 3.63) is 108 Å². The molecule has 0 aliphatic heterocycles. The Morgan fingerprint density at radius 3 is 1.74 bits per heavy atom. The summed E-state index contributed by atoms with van der Waals surface area (Å²) in [7, 11) is 0. The number of unbranched alkanes of at least 4 members (excludes halogenated alkanes) is 4. The van der Waals surface area contributed by atoms with Crippen molar-refractivity contribution in [2.45, 2.75) is 50.2 Å². The highest BCUT2D eigenvalue weighted by molar-refractivity contribution is 9.09. The zero-order valence-corrected chi connectivity index (χ0v) is 25.2. The van der Waals surface area contributed by atoms with Crippen LogP contribution in [0.5, 0.6) is 0 Å². The number of halogens is 1. The molecule has 0 aromatic heterocycles. The highest BCUT2D eigenvalue weighted by atomic mass is 79.9. The molecule has 0 bridgehead atoms. The summed E-state index contributed by atoms with van der Waals surface area (Å²) in [5.41, 5.74) is 3.54. The molecule has 1 amide bonds. The van der Waals surface area contributed by atoms with E-state index >= 15 is 0 Å². The summed E-state index contributed by atoms with van der Waals surface area (Å²) in [6, 6.07) is 31.7. The fourth-order valence-electron chi connectivity index (χ4n) is 4.96. The lowest BCUT2D eigenvalue weighted by Crippen LogP contribution is -2.37. The lowest BCUT2D eigenvalue weighted by Gasteiger charge is -2.35. The van der Waals surface area contributed by atoms with E-state index in [9.17, 15) is 4.79 Å². The van der Waals surface area contributed by atoms with Crippen molar-refractivity contribution in [2.75, 3.05) is 37.3 Å². The second kappa shape index (κ2) is 17.5. The summed E-state index contributed by atoms with van der Waals surface area (Å²) in [6.07, 6.45) is 7.55. The van der Waals surface area contributed by atoms with Crippen molar-refractivity contribution < 1.29 is 4.79 Å². The molecule has 0 saturated carbocycles. The van der Waals surface area contributed by atoms with Gasteiger partial charge in [0.05, 0.1) is 10.5 Å². The molecular weight excluding hydrogens is 552 g/mol. The van der Waals surface area contributed by atoms with E-state index in [1.807, 2.05) is 18.2 Å². The third kappa shape index (κ3) is 9.29. The van der Waals surface area contributed by atoms with E-state index in [4.69, 9.17) is 0 Å². The van der Waals surface area contributed by atoms with Crippen molar-refractivity contribution in [1.29, 1.82) is 0 Å². The molecule has 204 valence electrons. The topological polar surface area (TPSA) is 32.3 Å². The minimum atomic E-state index is -0.468. The molecule has 0 heterocycles. The maximum absolute atomic E-state index is 13.1. The van der Waals surface area contributed by atoms with Gasteiger partial charge in [-0.05, 0) is 49.0 Å². The van der Waals surface area contributed by atoms with Gasteiger partial charge in [-0.3, -0.25) is 4.79 Å². The van der Waals surface area contributed by atoms with Gasteiger partial charge in [-0.1, -0.05) is 133 Å². The first-order valence-electron chi connectivity index (χ1n) is 14.1. The van der Waals surface area contributed by atoms with E-state index in [0.29, 0.717) is 12.3 Å². The van der Waals surface area contributed by atoms with Crippen molar-refractivity contribution in [2.24, 2.45) is 0 Å². The van der Waals surface area contributed by atoms with Crippen molar-refractivity contribution in [3.63, 3.8) is 0 Å². The Kier molecular flexibility index (Phi) is 14.0. The Hall–Kier alpha value is -2.08. The highest BCUT2D eigenvalue weighted by Crippen LogP contribution is 2.48. The van der Waals surface area contributed by atoms with E-state index in [0.717, 1.165) is 31.4 Å². The quantitative estimate of drug-likeness (QED) is 0.0923. The Morgan fingerprint density at radius 2 is 1.24 bits per heavy atom. The summed E-state index contributed by atoms with van der Waals surface area (Å²) >= 11 is 5.22. The molecule has 3 nitrogen and oxygen atoms in total. The maximum atomic E-state index is 13.1. The Bertz CT molecular complexity index is 936. The van der Waals surface area contributed by atoms with E-state index in [2.05, 4.69) is 106 Å². The number of hydrogen-bond acceptors (Lipinski definition) is 3. The van der Waals surface area contributed by atoms with Crippen LogP contribution in [0.2, 0.25) is 0 Å². The van der Waals surface area contributed by atoms with Gasteiger partial charge >= 0.3 is 0 Å². The minimum Gasteiger partial charge on any atom is -0.354 e. The molecule has 3 aromatic rings. The lowest BCUT2D eigenvalue weighted by atomic mass is 9.84. The van der Waals surface area contributed by atoms with Crippen LogP contribution in [0.3, 0.4) is 0 Å². The molecule has 3 aromatic carbocycles. The van der Waals surface area contributed by atoms with Crippen LogP contribution >= 0.6 is 27.7 Å². The predicted molar refractivity (Wildman–Crippen MR) is 168 cm³/mol. The molecule has 0 saturated heterocycles. The number of alkyl halides is 1. The monoisotopic (exact) mass is 594 g/mol. The van der Waals surface area contributed by atoms with Gasteiger partial charge in [-0.25, -0.2) is 0 Å². The predicted octanol–water partition coefficient (Wildman–Crippen LogP) is 7.89. The number of rotatable bonds is 18. The standard InChI is InChI=1S/C33H43BrN2OS/c1-2-25-36(26-16-5-3-4-15-23-34)27-24-35-32(37)28-38-33(29-17-9-6-10-18-29,30-19-11-7-12-20-30)31-21-13-8-14-22-31/h6-14,17-22H,2-5,15-16,23-28H2,1H3,(H,35,37). The molecule has 0 aliphatic rings. The van der Waals surface area contributed by atoms with Gasteiger partial charge < -0.3 is 10.2 Å². The summed E-state index contributed by atoms with van der Waals surface area (Å²) in [6.45, 7) is 6.04. The third-order valence-corrected chi connectivity index (χ3v) is 8.97. The molecule has 1 N–H and O–H groups in total. The zero-order chi connectivity index (χ0) is 26.9. The fourth-order valence-corrected chi connectivity index (χ4v) is 6.71. The smallest absolute Gasteiger partial charge is 0.230 e. The van der Waals surface area contributed by atoms with Crippen LogP contribution in [0.25, 0.3) is 0 Å². The van der Waals surface area contributed by atoms with Gasteiger partial charge in [-0.15, -0.1) is 11.8 Å². The molecule has 0 atom stereocenters. The SMILES string of the molecule is CCCN(CCCCCCCBr)CCNC(=O)CSC(c1ccccc1)(c1ccccc1)c1ccccc1. The van der Waals surface area contributed by atoms with E-state index < -0.39 is 4.75 Å². The van der Waals surface area contributed by atoms with Gasteiger partial charge in [0, 0.05) is 18.4 Å². The molecule has 0 radical (unpaired) electrons. The minimum absolute atomic E-state index is 0.0911. The van der Waals surface area contributed by atoms with Gasteiger partial charge in [-0.2, -0.15) is 0 Å². The Balaban J connectivity index is 1.64. The number of amides is 1. The molecule has 0 aliphatic carbocycles. The number of benzene rings is 3. The molecule has 0 unspecified atom stereocenters. The van der Waals surface area contributed by atoms with Crippen LogP contribution in [-0.2, 0) is 9.54 Å². The van der Waals surface area contributed by atoms with E-state index in [1.54, 1.807) is 11.8 Å². The Labute approximate surface area is 242 Å². The first-order chi connectivity index (χ1) is 18.7.